The van der Waals surface area contributed by atoms with Gasteiger partial charge in [-0.15, -0.1) is 0 Å². The number of carbonyl (C=O) groups is 2. The van der Waals surface area contributed by atoms with E-state index < -0.39 is 5.91 Å². The average molecular weight is 352 g/mol. The van der Waals surface area contributed by atoms with Crippen LogP contribution in [-0.2, 0) is 14.3 Å². The van der Waals surface area contributed by atoms with Crippen LogP contribution in [0.4, 0.5) is 5.69 Å². The number of anilines is 1. The van der Waals surface area contributed by atoms with Gasteiger partial charge in [0.1, 0.15) is 19.5 Å². The maximum Gasteiger partial charge on any atom is 0.294 e. The molecule has 1 aliphatic heterocycles. The maximum absolute atomic E-state index is 12.7. The maximum atomic E-state index is 12.7. The number of carbonyl (C=O) groups excluding carboxylic acids is 2. The van der Waals surface area contributed by atoms with E-state index in [1.807, 2.05) is 37.3 Å². The molecule has 26 heavy (non-hydrogen) atoms. The minimum Gasteiger partial charge on any atom is -0.494 e. The second-order valence-electron chi connectivity index (χ2n) is 5.81. The molecule has 6 nitrogen and oxygen atoms in total. The van der Waals surface area contributed by atoms with Gasteiger partial charge in [-0.2, -0.15) is 0 Å². The van der Waals surface area contributed by atoms with Crippen molar-refractivity contribution in [3.8, 4) is 0 Å². The highest BCUT2D eigenvalue weighted by molar-refractivity contribution is 6.07. The Morgan fingerprint density at radius 3 is 2.42 bits per heavy atom. The minimum absolute atomic E-state index is 0.0871. The molecule has 6 heteroatoms. The molecule has 1 aliphatic rings. The summed E-state index contributed by atoms with van der Waals surface area (Å²) in [6.45, 7) is 2.63. The Morgan fingerprint density at radius 1 is 0.962 bits per heavy atom. The van der Waals surface area contributed by atoms with Gasteiger partial charge in [0, 0.05) is 0 Å². The molecule has 0 aromatic heterocycles. The molecular formula is C20H20N2O4. The quantitative estimate of drug-likeness (QED) is 0.867. The summed E-state index contributed by atoms with van der Waals surface area (Å²) in [5, 5.41) is 5.65. The van der Waals surface area contributed by atoms with E-state index in [1.54, 1.807) is 24.3 Å². The van der Waals surface area contributed by atoms with Crippen LogP contribution in [0, 0.1) is 0 Å². The van der Waals surface area contributed by atoms with Gasteiger partial charge >= 0.3 is 0 Å². The fourth-order valence-corrected chi connectivity index (χ4v) is 2.56. The van der Waals surface area contributed by atoms with E-state index in [1.165, 1.54) is 6.26 Å². The zero-order chi connectivity index (χ0) is 18.4. The summed E-state index contributed by atoms with van der Waals surface area (Å²) >= 11 is 0. The normalized spacial score (nSPS) is 14.3. The number of nitrogens with one attached hydrogen (secondary N) is 2. The molecule has 1 atom stereocenters. The Labute approximate surface area is 151 Å². The van der Waals surface area contributed by atoms with Crippen LogP contribution >= 0.6 is 0 Å². The average Bonchev–Trinajstić information content (AvgIpc) is 2.69. The van der Waals surface area contributed by atoms with Gasteiger partial charge in [-0.1, -0.05) is 42.5 Å². The van der Waals surface area contributed by atoms with E-state index in [9.17, 15) is 9.59 Å². The standard InChI is InChI=1S/C20H20N2O4/c1-14(15-7-3-2-4-8-15)21-19(23)16-9-5-6-10-17(16)22-20(24)18-13-25-11-12-26-18/h2-10,13-14H,11-12H2,1H3,(H,21,23)(H,22,24)/t14-/m0/s1. The molecule has 0 fully saturated rings. The Kier molecular flexibility index (Phi) is 5.53. The van der Waals surface area contributed by atoms with Crippen molar-refractivity contribution in [1.82, 2.24) is 5.32 Å². The van der Waals surface area contributed by atoms with Gasteiger partial charge in [0.25, 0.3) is 11.8 Å². The van der Waals surface area contributed by atoms with Gasteiger partial charge in [-0.3, -0.25) is 9.59 Å². The highest BCUT2D eigenvalue weighted by Crippen LogP contribution is 2.19. The molecule has 2 amide bonds. The highest BCUT2D eigenvalue weighted by atomic mass is 16.6. The van der Waals surface area contributed by atoms with Gasteiger partial charge in [-0.25, -0.2) is 0 Å². The number of amides is 2. The monoisotopic (exact) mass is 352 g/mol. The topological polar surface area (TPSA) is 76.7 Å². The first kappa shape index (κ1) is 17.5. The Bertz CT molecular complexity index is 818. The predicted octanol–water partition coefficient (Wildman–Crippen LogP) is 3.00. The van der Waals surface area contributed by atoms with Crippen molar-refractivity contribution in [3.63, 3.8) is 0 Å². The van der Waals surface area contributed by atoms with Crippen LogP contribution in [-0.4, -0.2) is 25.0 Å². The first-order chi connectivity index (χ1) is 12.6. The van der Waals surface area contributed by atoms with Gasteiger partial charge in [0.2, 0.25) is 5.76 Å². The third kappa shape index (κ3) is 4.22. The lowest BCUT2D eigenvalue weighted by Gasteiger charge is -2.18. The number of hydrogen-bond acceptors (Lipinski definition) is 4. The summed E-state index contributed by atoms with van der Waals surface area (Å²) in [4.78, 5) is 24.9. The highest BCUT2D eigenvalue weighted by Gasteiger charge is 2.19. The molecule has 0 bridgehead atoms. The number of benzene rings is 2. The lowest BCUT2D eigenvalue weighted by Crippen LogP contribution is -2.28. The van der Waals surface area contributed by atoms with Crippen molar-refractivity contribution >= 4 is 17.5 Å². The van der Waals surface area contributed by atoms with Crippen LogP contribution in [0.15, 0.2) is 66.6 Å². The van der Waals surface area contributed by atoms with Gasteiger partial charge < -0.3 is 20.1 Å². The van der Waals surface area contributed by atoms with Crippen molar-refractivity contribution < 1.29 is 19.1 Å². The van der Waals surface area contributed by atoms with Gasteiger partial charge in [-0.05, 0) is 24.6 Å². The number of para-hydroxylation sites is 1. The Hall–Kier alpha value is -3.28. The number of hydrogen-bond donors (Lipinski definition) is 2. The summed E-state index contributed by atoms with van der Waals surface area (Å²) in [5.41, 5.74) is 1.78. The fourth-order valence-electron chi connectivity index (χ4n) is 2.56. The summed E-state index contributed by atoms with van der Waals surface area (Å²) in [6.07, 6.45) is 1.28. The molecule has 0 spiro atoms. The first-order valence-corrected chi connectivity index (χ1v) is 8.36. The molecule has 0 aliphatic carbocycles. The number of rotatable bonds is 5. The van der Waals surface area contributed by atoms with Crippen molar-refractivity contribution in [1.29, 1.82) is 0 Å². The molecule has 0 saturated carbocycles. The summed E-state index contributed by atoms with van der Waals surface area (Å²) in [7, 11) is 0. The van der Waals surface area contributed by atoms with E-state index in [0.29, 0.717) is 24.5 Å². The fraction of sp³-hybridized carbons (Fsp3) is 0.200. The van der Waals surface area contributed by atoms with Crippen LogP contribution in [0.5, 0.6) is 0 Å². The lowest BCUT2D eigenvalue weighted by molar-refractivity contribution is -0.117. The SMILES string of the molecule is C[C@H](NC(=O)c1ccccc1NC(=O)C1=COCCO1)c1ccccc1. The lowest BCUT2D eigenvalue weighted by atomic mass is 10.1. The van der Waals surface area contributed by atoms with E-state index >= 15 is 0 Å². The molecule has 0 radical (unpaired) electrons. The molecule has 2 N–H and O–H groups in total. The molecule has 2 aromatic carbocycles. The van der Waals surface area contributed by atoms with Gasteiger partial charge in [0.05, 0.1) is 17.3 Å². The minimum atomic E-state index is -0.457. The smallest absolute Gasteiger partial charge is 0.294 e. The van der Waals surface area contributed by atoms with Crippen LogP contribution < -0.4 is 10.6 Å². The van der Waals surface area contributed by atoms with Crippen LogP contribution in [0.3, 0.4) is 0 Å². The Balaban J connectivity index is 1.73. The molecular weight excluding hydrogens is 332 g/mol. The largest absolute Gasteiger partial charge is 0.494 e. The zero-order valence-electron chi connectivity index (χ0n) is 14.4. The zero-order valence-corrected chi connectivity index (χ0v) is 14.4. The Morgan fingerprint density at radius 2 is 1.69 bits per heavy atom. The molecule has 0 unspecified atom stereocenters. The molecule has 3 rings (SSSR count). The summed E-state index contributed by atoms with van der Waals surface area (Å²) < 4.78 is 10.4. The predicted molar refractivity (Wildman–Crippen MR) is 97.4 cm³/mol. The van der Waals surface area contributed by atoms with Crippen molar-refractivity contribution in [2.45, 2.75) is 13.0 Å². The van der Waals surface area contributed by atoms with E-state index in [-0.39, 0.29) is 17.7 Å². The van der Waals surface area contributed by atoms with Crippen molar-refractivity contribution in [2.75, 3.05) is 18.5 Å². The van der Waals surface area contributed by atoms with Crippen molar-refractivity contribution in [2.24, 2.45) is 0 Å². The second-order valence-corrected chi connectivity index (χ2v) is 5.81. The van der Waals surface area contributed by atoms with Gasteiger partial charge in [0.15, 0.2) is 0 Å². The summed E-state index contributed by atoms with van der Waals surface area (Å²) in [5.74, 6) is -0.641. The molecule has 2 aromatic rings. The van der Waals surface area contributed by atoms with Crippen LogP contribution in [0.25, 0.3) is 0 Å². The third-order valence-electron chi connectivity index (χ3n) is 3.94. The first-order valence-electron chi connectivity index (χ1n) is 8.36. The van der Waals surface area contributed by atoms with Crippen LogP contribution in [0.1, 0.15) is 28.9 Å². The van der Waals surface area contributed by atoms with Crippen LogP contribution in [0.2, 0.25) is 0 Å². The molecule has 0 saturated heterocycles. The van der Waals surface area contributed by atoms with Crippen molar-refractivity contribution in [3.05, 3.63) is 77.7 Å². The number of ether oxygens (including phenoxy) is 2. The van der Waals surface area contributed by atoms with E-state index in [0.717, 1.165) is 5.56 Å². The van der Waals surface area contributed by atoms with E-state index in [4.69, 9.17) is 9.47 Å². The molecule has 134 valence electrons. The molecule has 1 heterocycles. The van der Waals surface area contributed by atoms with E-state index in [2.05, 4.69) is 10.6 Å². The summed E-state index contributed by atoms with van der Waals surface area (Å²) in [6, 6.07) is 16.3. The third-order valence-corrected chi connectivity index (χ3v) is 3.94. The second kappa shape index (κ2) is 8.20.